The second kappa shape index (κ2) is 6.25. The molecule has 2 amide bonds. The zero-order valence-electron chi connectivity index (χ0n) is 18.3. The molecule has 0 heterocycles. The molecule has 0 aliphatic heterocycles. The molecule has 164 valence electrons. The van der Waals surface area contributed by atoms with Crippen molar-refractivity contribution in [3.8, 4) is 0 Å². The van der Waals surface area contributed by atoms with Crippen molar-refractivity contribution >= 4 is 11.8 Å². The predicted octanol–water partition coefficient (Wildman–Crippen LogP) is 4.18. The van der Waals surface area contributed by atoms with E-state index < -0.39 is 0 Å². The Balaban J connectivity index is 0.948. The number of hydrogen-bond acceptors (Lipinski definition) is 2. The Labute approximate surface area is 180 Å². The van der Waals surface area contributed by atoms with Crippen LogP contribution in [0.15, 0.2) is 0 Å². The van der Waals surface area contributed by atoms with Crippen LogP contribution in [0.2, 0.25) is 0 Å². The zero-order chi connectivity index (χ0) is 20.1. The molecular weight excluding hydrogens is 372 g/mol. The lowest BCUT2D eigenvalue weighted by atomic mass is 9.52. The van der Waals surface area contributed by atoms with Crippen LogP contribution in [0, 0.1) is 47.3 Å². The maximum absolute atomic E-state index is 13.0. The number of carbonyl (C=O) groups is 2. The molecule has 4 nitrogen and oxygen atoms in total. The van der Waals surface area contributed by atoms with Gasteiger partial charge in [0.2, 0.25) is 11.8 Å². The Morgan fingerprint density at radius 2 is 0.733 bits per heavy atom. The smallest absolute Gasteiger partial charge is 0.223 e. The van der Waals surface area contributed by atoms with Gasteiger partial charge >= 0.3 is 0 Å². The number of hydrogen-bond donors (Lipinski definition) is 2. The molecular formula is C26H38N2O2. The van der Waals surface area contributed by atoms with Crippen LogP contribution >= 0.6 is 0 Å². The maximum Gasteiger partial charge on any atom is 0.223 e. The van der Waals surface area contributed by atoms with Crippen LogP contribution in [-0.2, 0) is 9.59 Å². The summed E-state index contributed by atoms with van der Waals surface area (Å²) in [5.41, 5.74) is 0.219. The summed E-state index contributed by atoms with van der Waals surface area (Å²) in [6.07, 6.45) is 17.3. The van der Waals surface area contributed by atoms with Gasteiger partial charge < -0.3 is 10.6 Å². The summed E-state index contributed by atoms with van der Waals surface area (Å²) in [5, 5.41) is 7.08. The van der Waals surface area contributed by atoms with E-state index >= 15 is 0 Å². The summed E-state index contributed by atoms with van der Waals surface area (Å²) >= 11 is 0. The lowest BCUT2D eigenvalue weighted by Crippen LogP contribution is -2.63. The minimum Gasteiger partial charge on any atom is -0.350 e. The van der Waals surface area contributed by atoms with Gasteiger partial charge in [-0.2, -0.15) is 0 Å². The van der Waals surface area contributed by atoms with E-state index in [1.165, 1.54) is 77.0 Å². The highest BCUT2D eigenvalue weighted by atomic mass is 16.2. The first-order chi connectivity index (χ1) is 14.4. The van der Waals surface area contributed by atoms with Crippen LogP contribution in [-0.4, -0.2) is 22.9 Å². The molecule has 30 heavy (non-hydrogen) atoms. The SMILES string of the molecule is O=C(NC12CC3CC(CC(C3)C1)C2)C1CC(C(=O)NC23CC4CC(CC(C4)C2)C3)C1. The third kappa shape index (κ3) is 2.91. The van der Waals surface area contributed by atoms with E-state index in [4.69, 9.17) is 0 Å². The van der Waals surface area contributed by atoms with Crippen molar-refractivity contribution in [2.24, 2.45) is 47.3 Å². The van der Waals surface area contributed by atoms with Gasteiger partial charge in [0.25, 0.3) is 0 Å². The van der Waals surface area contributed by atoms with Gasteiger partial charge in [-0.25, -0.2) is 0 Å². The van der Waals surface area contributed by atoms with Crippen LogP contribution in [0.25, 0.3) is 0 Å². The first-order valence-electron chi connectivity index (χ1n) is 13.1. The fourth-order valence-corrected chi connectivity index (χ4v) is 10.3. The van der Waals surface area contributed by atoms with Crippen LogP contribution in [0.5, 0.6) is 0 Å². The molecule has 8 bridgehead atoms. The predicted molar refractivity (Wildman–Crippen MR) is 114 cm³/mol. The second-order valence-electron chi connectivity index (χ2n) is 13.2. The first-order valence-corrected chi connectivity index (χ1v) is 13.1. The summed E-state index contributed by atoms with van der Waals surface area (Å²) < 4.78 is 0. The molecule has 9 rings (SSSR count). The van der Waals surface area contributed by atoms with Gasteiger partial charge in [0.1, 0.15) is 0 Å². The van der Waals surface area contributed by atoms with Crippen LogP contribution in [0.1, 0.15) is 89.9 Å². The van der Waals surface area contributed by atoms with E-state index in [-0.39, 0.29) is 34.7 Å². The van der Waals surface area contributed by atoms with Crippen molar-refractivity contribution in [3.05, 3.63) is 0 Å². The van der Waals surface area contributed by atoms with E-state index in [2.05, 4.69) is 10.6 Å². The number of nitrogens with one attached hydrogen (secondary N) is 2. The molecule has 0 saturated heterocycles. The Kier molecular flexibility index (Phi) is 3.86. The van der Waals surface area contributed by atoms with Crippen LogP contribution < -0.4 is 10.6 Å². The van der Waals surface area contributed by atoms with Gasteiger partial charge in [0.05, 0.1) is 0 Å². The largest absolute Gasteiger partial charge is 0.350 e. The second-order valence-corrected chi connectivity index (χ2v) is 13.2. The Hall–Kier alpha value is -1.06. The van der Waals surface area contributed by atoms with Gasteiger partial charge in [-0.1, -0.05) is 0 Å². The van der Waals surface area contributed by atoms with Gasteiger partial charge in [0.15, 0.2) is 0 Å². The summed E-state index contributed by atoms with van der Waals surface area (Å²) in [4.78, 5) is 26.1. The third-order valence-corrected chi connectivity index (χ3v) is 10.7. The molecule has 0 aromatic carbocycles. The van der Waals surface area contributed by atoms with E-state index in [1.807, 2.05) is 0 Å². The molecule has 0 spiro atoms. The topological polar surface area (TPSA) is 58.2 Å². The standard InChI is InChI=1S/C26H38N2O2/c29-23(27-25-9-15-1-16(10-25)3-17(2-15)11-25)21-7-22(8-21)24(30)28-26-12-18-4-19(13-26)6-20(5-18)14-26/h15-22H,1-14H2,(H,27,29)(H,28,30). The van der Waals surface area contributed by atoms with E-state index in [0.717, 1.165) is 48.3 Å². The normalized spacial score (nSPS) is 54.7. The monoisotopic (exact) mass is 410 g/mol. The summed E-state index contributed by atoms with van der Waals surface area (Å²) in [6.45, 7) is 0. The highest BCUT2D eigenvalue weighted by Gasteiger charge is 2.54. The Morgan fingerprint density at radius 1 is 0.467 bits per heavy atom. The van der Waals surface area contributed by atoms with Gasteiger partial charge in [-0.3, -0.25) is 9.59 Å². The average molecular weight is 411 g/mol. The Bertz CT molecular complexity index is 634. The molecule has 2 N–H and O–H groups in total. The summed E-state index contributed by atoms with van der Waals surface area (Å²) in [5.74, 6) is 5.82. The van der Waals surface area contributed by atoms with Crippen molar-refractivity contribution in [1.29, 1.82) is 0 Å². The molecule has 0 aromatic rings. The van der Waals surface area contributed by atoms with Crippen molar-refractivity contribution in [1.82, 2.24) is 10.6 Å². The molecule has 0 aromatic heterocycles. The number of amides is 2. The van der Waals surface area contributed by atoms with Crippen molar-refractivity contribution < 1.29 is 9.59 Å². The number of carbonyl (C=O) groups excluding carboxylic acids is 2. The van der Waals surface area contributed by atoms with Crippen molar-refractivity contribution in [3.63, 3.8) is 0 Å². The summed E-state index contributed by atoms with van der Waals surface area (Å²) in [7, 11) is 0. The molecule has 0 radical (unpaired) electrons. The minimum atomic E-state index is 0.0742. The number of rotatable bonds is 4. The molecule has 9 fully saturated rings. The lowest BCUT2D eigenvalue weighted by molar-refractivity contribution is -0.141. The Morgan fingerprint density at radius 3 is 1.00 bits per heavy atom. The zero-order valence-corrected chi connectivity index (χ0v) is 18.3. The van der Waals surface area contributed by atoms with Gasteiger partial charge in [0, 0.05) is 22.9 Å². The third-order valence-electron chi connectivity index (χ3n) is 10.7. The van der Waals surface area contributed by atoms with Gasteiger partial charge in [-0.15, -0.1) is 0 Å². The van der Waals surface area contributed by atoms with Crippen LogP contribution in [0.4, 0.5) is 0 Å². The molecule has 9 aliphatic carbocycles. The van der Waals surface area contributed by atoms with E-state index in [1.54, 1.807) is 0 Å². The van der Waals surface area contributed by atoms with Gasteiger partial charge in [-0.05, 0) is 125 Å². The molecule has 9 saturated carbocycles. The van der Waals surface area contributed by atoms with E-state index in [0.29, 0.717) is 0 Å². The molecule has 4 heteroatoms. The summed E-state index contributed by atoms with van der Waals surface area (Å²) in [6, 6.07) is 0. The highest BCUT2D eigenvalue weighted by Crippen LogP contribution is 2.57. The highest BCUT2D eigenvalue weighted by molar-refractivity contribution is 5.86. The average Bonchev–Trinajstić information content (AvgIpc) is 2.56. The minimum absolute atomic E-state index is 0.0742. The first kappa shape index (κ1) is 18.5. The van der Waals surface area contributed by atoms with Crippen LogP contribution in [0.3, 0.4) is 0 Å². The lowest BCUT2D eigenvalue weighted by Gasteiger charge is -2.57. The molecule has 0 unspecified atom stereocenters. The fraction of sp³-hybridized carbons (Fsp3) is 0.923. The van der Waals surface area contributed by atoms with Crippen molar-refractivity contribution in [2.75, 3.05) is 0 Å². The fourth-order valence-electron chi connectivity index (χ4n) is 10.3. The molecule has 0 atom stereocenters. The molecule has 9 aliphatic rings. The maximum atomic E-state index is 13.0. The van der Waals surface area contributed by atoms with E-state index in [9.17, 15) is 9.59 Å². The van der Waals surface area contributed by atoms with Crippen molar-refractivity contribution in [2.45, 2.75) is 101 Å². The quantitative estimate of drug-likeness (QED) is 0.730.